The number of aromatic nitrogens is 3. The maximum absolute atomic E-state index is 12.9. The van der Waals surface area contributed by atoms with Crippen molar-refractivity contribution < 1.29 is 4.74 Å². The lowest BCUT2D eigenvalue weighted by Gasteiger charge is -2.32. The lowest BCUT2D eigenvalue weighted by Crippen LogP contribution is -2.38. The van der Waals surface area contributed by atoms with Gasteiger partial charge in [0.1, 0.15) is 11.6 Å². The van der Waals surface area contributed by atoms with Gasteiger partial charge in [-0.15, -0.1) is 0 Å². The third kappa shape index (κ3) is 6.39. The van der Waals surface area contributed by atoms with Gasteiger partial charge in [0.2, 0.25) is 0 Å². The highest BCUT2D eigenvalue weighted by molar-refractivity contribution is 9.10. The monoisotopic (exact) mass is 526 g/mol. The highest BCUT2D eigenvalue weighted by Gasteiger charge is 2.21. The third-order valence-electron chi connectivity index (χ3n) is 6.52. The first-order chi connectivity index (χ1) is 16.4. The molecule has 1 aliphatic rings. The molecule has 1 fully saturated rings. The van der Waals surface area contributed by atoms with Gasteiger partial charge in [-0.05, 0) is 88.4 Å². The van der Waals surface area contributed by atoms with Crippen molar-refractivity contribution in [1.29, 1.82) is 0 Å². The Balaban J connectivity index is 1.28. The zero-order valence-corrected chi connectivity index (χ0v) is 22.0. The van der Waals surface area contributed by atoms with Crippen molar-refractivity contribution in [3.63, 3.8) is 0 Å². The SMILES string of the molecule is Cc1nn(CCN2CCC(Cc3cc(OC(C)C)ccc3Br)CC2)c(=O)n1Cc1ccccc1. The van der Waals surface area contributed by atoms with Gasteiger partial charge >= 0.3 is 5.69 Å². The van der Waals surface area contributed by atoms with Crippen molar-refractivity contribution in [2.75, 3.05) is 19.6 Å². The first kappa shape index (κ1) is 24.7. The van der Waals surface area contributed by atoms with Crippen LogP contribution in [0.4, 0.5) is 0 Å². The lowest BCUT2D eigenvalue weighted by molar-refractivity contribution is 0.175. The minimum absolute atomic E-state index is 0.0235. The molecular formula is C27H35BrN4O2. The highest BCUT2D eigenvalue weighted by atomic mass is 79.9. The Morgan fingerprint density at radius 1 is 1.09 bits per heavy atom. The highest BCUT2D eigenvalue weighted by Crippen LogP contribution is 2.29. The molecule has 34 heavy (non-hydrogen) atoms. The summed E-state index contributed by atoms with van der Waals surface area (Å²) in [5.74, 6) is 2.37. The largest absolute Gasteiger partial charge is 0.491 e. The molecule has 1 aliphatic heterocycles. The molecule has 3 aromatic rings. The van der Waals surface area contributed by atoms with Gasteiger partial charge in [-0.2, -0.15) is 5.10 Å². The fourth-order valence-corrected chi connectivity index (χ4v) is 5.07. The fraction of sp³-hybridized carbons (Fsp3) is 0.481. The van der Waals surface area contributed by atoms with Crippen molar-refractivity contribution in [1.82, 2.24) is 19.2 Å². The van der Waals surface area contributed by atoms with Crippen LogP contribution in [-0.4, -0.2) is 45.0 Å². The van der Waals surface area contributed by atoms with Gasteiger partial charge in [-0.25, -0.2) is 9.48 Å². The molecule has 6 nitrogen and oxygen atoms in total. The van der Waals surface area contributed by atoms with Gasteiger partial charge in [-0.3, -0.25) is 4.57 Å². The van der Waals surface area contributed by atoms with E-state index in [9.17, 15) is 4.79 Å². The number of piperidine rings is 1. The topological polar surface area (TPSA) is 52.3 Å². The third-order valence-corrected chi connectivity index (χ3v) is 7.30. The molecule has 2 aromatic carbocycles. The summed E-state index contributed by atoms with van der Waals surface area (Å²) in [6, 6.07) is 16.4. The summed E-state index contributed by atoms with van der Waals surface area (Å²) in [4.78, 5) is 15.3. The molecule has 2 heterocycles. The first-order valence-electron chi connectivity index (χ1n) is 12.2. The van der Waals surface area contributed by atoms with Crippen LogP contribution in [0.5, 0.6) is 5.75 Å². The molecule has 0 atom stereocenters. The van der Waals surface area contributed by atoms with Crippen LogP contribution in [0.25, 0.3) is 0 Å². The van der Waals surface area contributed by atoms with Crippen molar-refractivity contribution in [3.05, 3.63) is 80.4 Å². The second-order valence-electron chi connectivity index (χ2n) is 9.53. The molecule has 182 valence electrons. The Labute approximate surface area is 210 Å². The van der Waals surface area contributed by atoms with E-state index >= 15 is 0 Å². The van der Waals surface area contributed by atoms with Gasteiger partial charge in [0.25, 0.3) is 0 Å². The minimum atomic E-state index is -0.0235. The van der Waals surface area contributed by atoms with E-state index < -0.39 is 0 Å². The van der Waals surface area contributed by atoms with Gasteiger partial charge < -0.3 is 9.64 Å². The molecular weight excluding hydrogens is 492 g/mol. The molecule has 0 amide bonds. The molecule has 0 spiro atoms. The van der Waals surface area contributed by atoms with E-state index in [1.165, 1.54) is 5.56 Å². The van der Waals surface area contributed by atoms with Crippen LogP contribution in [0.1, 0.15) is 43.6 Å². The standard InChI is InChI=1S/C27H35BrN4O2/c1-20(2)34-25-9-10-26(28)24(18-25)17-22-11-13-30(14-12-22)15-16-32-27(33)31(21(3)29-32)19-23-7-5-4-6-8-23/h4-10,18,20,22H,11-17,19H2,1-3H3. The van der Waals surface area contributed by atoms with Crippen molar-refractivity contribution in [3.8, 4) is 5.75 Å². The number of likely N-dealkylation sites (tertiary alicyclic amines) is 1. The molecule has 0 N–H and O–H groups in total. The number of rotatable bonds is 9. The normalized spacial score (nSPS) is 15.2. The van der Waals surface area contributed by atoms with Gasteiger partial charge in [0.15, 0.2) is 0 Å². The van der Waals surface area contributed by atoms with E-state index in [1.54, 1.807) is 9.25 Å². The Morgan fingerprint density at radius 3 is 2.53 bits per heavy atom. The molecule has 0 radical (unpaired) electrons. The smallest absolute Gasteiger partial charge is 0.346 e. The van der Waals surface area contributed by atoms with Crippen LogP contribution in [0.2, 0.25) is 0 Å². The van der Waals surface area contributed by atoms with E-state index in [2.05, 4.69) is 51.9 Å². The summed E-state index contributed by atoms with van der Waals surface area (Å²) in [6.45, 7) is 10.2. The number of benzene rings is 2. The predicted octanol–water partition coefficient (Wildman–Crippen LogP) is 4.91. The number of aryl methyl sites for hydroxylation is 1. The number of nitrogens with zero attached hydrogens (tertiary/aromatic N) is 4. The fourth-order valence-electron chi connectivity index (χ4n) is 4.66. The van der Waals surface area contributed by atoms with E-state index in [4.69, 9.17) is 4.74 Å². The Hall–Kier alpha value is -2.38. The van der Waals surface area contributed by atoms with Crippen molar-refractivity contribution >= 4 is 15.9 Å². The zero-order chi connectivity index (χ0) is 24.1. The summed E-state index contributed by atoms with van der Waals surface area (Å²) < 4.78 is 10.4. The Bertz CT molecular complexity index is 1130. The van der Waals surface area contributed by atoms with Crippen LogP contribution in [0.3, 0.4) is 0 Å². The average Bonchev–Trinajstić information content (AvgIpc) is 3.08. The summed E-state index contributed by atoms with van der Waals surface area (Å²) in [6.07, 6.45) is 3.57. The molecule has 0 saturated carbocycles. The molecule has 0 unspecified atom stereocenters. The van der Waals surface area contributed by atoms with E-state index in [-0.39, 0.29) is 11.8 Å². The van der Waals surface area contributed by atoms with Crippen LogP contribution in [0, 0.1) is 12.8 Å². The number of ether oxygens (including phenoxy) is 1. The average molecular weight is 528 g/mol. The van der Waals surface area contributed by atoms with E-state index in [0.717, 1.165) is 60.5 Å². The molecule has 1 saturated heterocycles. The predicted molar refractivity (Wildman–Crippen MR) is 140 cm³/mol. The van der Waals surface area contributed by atoms with Crippen molar-refractivity contribution in [2.45, 2.75) is 59.2 Å². The van der Waals surface area contributed by atoms with E-state index in [0.29, 0.717) is 19.0 Å². The summed E-state index contributed by atoms with van der Waals surface area (Å²) >= 11 is 3.71. The number of halogens is 1. The van der Waals surface area contributed by atoms with E-state index in [1.807, 2.05) is 43.3 Å². The Kier molecular flexibility index (Phi) is 8.27. The molecule has 1 aromatic heterocycles. The molecule has 0 aliphatic carbocycles. The minimum Gasteiger partial charge on any atom is -0.491 e. The second kappa shape index (κ2) is 11.4. The van der Waals surface area contributed by atoms with Gasteiger partial charge in [-0.1, -0.05) is 46.3 Å². The van der Waals surface area contributed by atoms with Crippen LogP contribution >= 0.6 is 15.9 Å². The second-order valence-corrected chi connectivity index (χ2v) is 10.4. The summed E-state index contributed by atoms with van der Waals surface area (Å²) in [5.41, 5.74) is 2.41. The lowest BCUT2D eigenvalue weighted by atomic mass is 9.90. The maximum Gasteiger partial charge on any atom is 0.346 e. The zero-order valence-electron chi connectivity index (χ0n) is 20.4. The molecule has 4 rings (SSSR count). The maximum atomic E-state index is 12.9. The van der Waals surface area contributed by atoms with Crippen LogP contribution in [-0.2, 0) is 19.5 Å². The van der Waals surface area contributed by atoms with Gasteiger partial charge in [0, 0.05) is 11.0 Å². The molecule has 7 heteroatoms. The number of hydrogen-bond donors (Lipinski definition) is 0. The number of hydrogen-bond acceptors (Lipinski definition) is 4. The van der Waals surface area contributed by atoms with Crippen molar-refractivity contribution in [2.24, 2.45) is 5.92 Å². The summed E-state index contributed by atoms with van der Waals surface area (Å²) in [7, 11) is 0. The summed E-state index contributed by atoms with van der Waals surface area (Å²) in [5, 5.41) is 4.52. The van der Waals surface area contributed by atoms with Gasteiger partial charge in [0.05, 0.1) is 19.2 Å². The Morgan fingerprint density at radius 2 is 1.82 bits per heavy atom. The van der Waals surface area contributed by atoms with Crippen LogP contribution in [0.15, 0.2) is 57.8 Å². The first-order valence-corrected chi connectivity index (χ1v) is 13.0. The quantitative estimate of drug-likeness (QED) is 0.397. The molecule has 0 bridgehead atoms. The van der Waals surface area contributed by atoms with Crippen LogP contribution < -0.4 is 10.4 Å².